The zero-order chi connectivity index (χ0) is 14.9. The fourth-order valence-corrected chi connectivity index (χ4v) is 2.71. The summed E-state index contributed by atoms with van der Waals surface area (Å²) in [5.74, 6) is 1.43. The van der Waals surface area contributed by atoms with Crippen LogP contribution in [0.4, 0.5) is 0 Å². The van der Waals surface area contributed by atoms with Crippen molar-refractivity contribution < 1.29 is 14.3 Å². The van der Waals surface area contributed by atoms with Gasteiger partial charge < -0.3 is 14.4 Å². The zero-order valence-electron chi connectivity index (χ0n) is 12.8. The molecule has 4 nitrogen and oxygen atoms in total. The standard InChI is InChI=1S/C17H25NO3/c1-15-5-4-8-18(13-15)9-10-20-11-12-21-17-7-3-2-6-16(17)14-19/h2-3,6-7,14-15H,4-5,8-13H2,1H3. The van der Waals surface area contributed by atoms with E-state index in [1.54, 1.807) is 12.1 Å². The van der Waals surface area contributed by atoms with Crippen LogP contribution in [0.2, 0.25) is 0 Å². The van der Waals surface area contributed by atoms with Crippen molar-refractivity contribution in [2.75, 3.05) is 39.5 Å². The van der Waals surface area contributed by atoms with Gasteiger partial charge in [-0.2, -0.15) is 0 Å². The lowest BCUT2D eigenvalue weighted by Gasteiger charge is -2.30. The van der Waals surface area contributed by atoms with Gasteiger partial charge in [-0.15, -0.1) is 0 Å². The number of hydrogen-bond donors (Lipinski definition) is 0. The number of hydrogen-bond acceptors (Lipinski definition) is 4. The molecule has 0 spiro atoms. The molecule has 0 radical (unpaired) electrons. The highest BCUT2D eigenvalue weighted by atomic mass is 16.5. The summed E-state index contributed by atoms with van der Waals surface area (Å²) in [6, 6.07) is 7.24. The van der Waals surface area contributed by atoms with E-state index in [1.165, 1.54) is 25.9 Å². The Labute approximate surface area is 127 Å². The Balaban J connectivity index is 1.57. The van der Waals surface area contributed by atoms with E-state index in [1.807, 2.05) is 12.1 Å². The van der Waals surface area contributed by atoms with Crippen LogP contribution in [-0.2, 0) is 4.74 Å². The first kappa shape index (κ1) is 16.0. The smallest absolute Gasteiger partial charge is 0.153 e. The molecule has 0 amide bonds. The topological polar surface area (TPSA) is 38.8 Å². The average Bonchev–Trinajstić information content (AvgIpc) is 2.51. The van der Waals surface area contributed by atoms with Crippen LogP contribution >= 0.6 is 0 Å². The molecule has 21 heavy (non-hydrogen) atoms. The molecule has 1 aromatic rings. The van der Waals surface area contributed by atoms with Gasteiger partial charge in [0.2, 0.25) is 0 Å². The van der Waals surface area contributed by atoms with Gasteiger partial charge in [-0.05, 0) is 37.4 Å². The number of aldehydes is 1. The molecule has 1 saturated heterocycles. The number of para-hydroxylation sites is 1. The van der Waals surface area contributed by atoms with E-state index < -0.39 is 0 Å². The second-order valence-electron chi connectivity index (χ2n) is 5.66. The molecular formula is C17H25NO3. The molecular weight excluding hydrogens is 266 g/mol. The average molecular weight is 291 g/mol. The van der Waals surface area contributed by atoms with Crippen LogP contribution < -0.4 is 4.74 Å². The fraction of sp³-hybridized carbons (Fsp3) is 0.588. The monoisotopic (exact) mass is 291 g/mol. The molecule has 1 fully saturated rings. The van der Waals surface area contributed by atoms with Gasteiger partial charge in [-0.1, -0.05) is 19.1 Å². The van der Waals surface area contributed by atoms with Gasteiger partial charge in [0.05, 0.1) is 18.8 Å². The van der Waals surface area contributed by atoms with Crippen LogP contribution in [0.5, 0.6) is 5.75 Å². The summed E-state index contributed by atoms with van der Waals surface area (Å²) in [6.45, 7) is 7.45. The van der Waals surface area contributed by atoms with Crippen molar-refractivity contribution in [2.24, 2.45) is 5.92 Å². The van der Waals surface area contributed by atoms with Crippen LogP contribution in [0, 0.1) is 5.92 Å². The quantitative estimate of drug-likeness (QED) is 0.545. The summed E-state index contributed by atoms with van der Waals surface area (Å²) < 4.78 is 11.2. The number of likely N-dealkylation sites (tertiary alicyclic amines) is 1. The van der Waals surface area contributed by atoms with Gasteiger partial charge in [0.1, 0.15) is 12.4 Å². The number of benzene rings is 1. The number of carbonyl (C=O) groups is 1. The Hall–Kier alpha value is -1.39. The van der Waals surface area contributed by atoms with E-state index in [0.29, 0.717) is 24.5 Å². The third-order valence-corrected chi connectivity index (χ3v) is 3.82. The summed E-state index contributed by atoms with van der Waals surface area (Å²) in [5.41, 5.74) is 0.583. The molecule has 0 aliphatic carbocycles. The molecule has 0 N–H and O–H groups in total. The minimum Gasteiger partial charge on any atom is -0.490 e. The van der Waals surface area contributed by atoms with Gasteiger partial charge in [-0.3, -0.25) is 4.79 Å². The molecule has 1 atom stereocenters. The lowest BCUT2D eigenvalue weighted by atomic mass is 10.0. The predicted octanol–water partition coefficient (Wildman–Crippen LogP) is 2.63. The van der Waals surface area contributed by atoms with Crippen molar-refractivity contribution in [3.63, 3.8) is 0 Å². The van der Waals surface area contributed by atoms with E-state index in [2.05, 4.69) is 11.8 Å². The molecule has 1 unspecified atom stereocenters. The molecule has 0 bridgehead atoms. The lowest BCUT2D eigenvalue weighted by molar-refractivity contribution is 0.0686. The second-order valence-corrected chi connectivity index (χ2v) is 5.66. The predicted molar refractivity (Wildman–Crippen MR) is 83.0 cm³/mol. The number of piperidine rings is 1. The Morgan fingerprint density at radius 2 is 2.14 bits per heavy atom. The molecule has 1 aliphatic rings. The molecule has 1 heterocycles. The van der Waals surface area contributed by atoms with E-state index in [-0.39, 0.29) is 0 Å². The molecule has 1 aliphatic heterocycles. The minimum atomic E-state index is 0.473. The lowest BCUT2D eigenvalue weighted by Crippen LogP contribution is -2.36. The van der Waals surface area contributed by atoms with E-state index >= 15 is 0 Å². The molecule has 116 valence electrons. The van der Waals surface area contributed by atoms with Crippen LogP contribution in [0.1, 0.15) is 30.1 Å². The van der Waals surface area contributed by atoms with Crippen molar-refractivity contribution in [2.45, 2.75) is 19.8 Å². The first-order valence-corrected chi connectivity index (χ1v) is 7.76. The Morgan fingerprint density at radius 1 is 1.29 bits per heavy atom. The Kier molecular flexibility index (Phi) is 6.70. The number of rotatable bonds is 8. The van der Waals surface area contributed by atoms with E-state index in [9.17, 15) is 4.79 Å². The molecule has 1 aromatic carbocycles. The minimum absolute atomic E-state index is 0.473. The normalized spacial score (nSPS) is 19.4. The summed E-state index contributed by atoms with van der Waals surface area (Å²) in [4.78, 5) is 13.3. The maximum atomic E-state index is 10.8. The molecule has 2 rings (SSSR count). The SMILES string of the molecule is CC1CCCN(CCOCCOc2ccccc2C=O)C1. The van der Waals surface area contributed by atoms with Gasteiger partial charge in [-0.25, -0.2) is 0 Å². The van der Waals surface area contributed by atoms with Gasteiger partial charge in [0, 0.05) is 13.1 Å². The van der Waals surface area contributed by atoms with Crippen LogP contribution in [0.25, 0.3) is 0 Å². The van der Waals surface area contributed by atoms with Crippen molar-refractivity contribution >= 4 is 6.29 Å². The van der Waals surface area contributed by atoms with Crippen molar-refractivity contribution in [1.29, 1.82) is 0 Å². The molecule has 4 heteroatoms. The summed E-state index contributed by atoms with van der Waals surface area (Å²) in [7, 11) is 0. The highest BCUT2D eigenvalue weighted by Gasteiger charge is 2.15. The number of carbonyl (C=O) groups excluding carboxylic acids is 1. The zero-order valence-corrected chi connectivity index (χ0v) is 12.8. The Bertz CT molecular complexity index is 436. The molecule has 0 saturated carbocycles. The maximum Gasteiger partial charge on any atom is 0.153 e. The fourth-order valence-electron chi connectivity index (χ4n) is 2.71. The van der Waals surface area contributed by atoms with E-state index in [4.69, 9.17) is 9.47 Å². The Morgan fingerprint density at radius 3 is 2.95 bits per heavy atom. The largest absolute Gasteiger partial charge is 0.490 e. The van der Waals surface area contributed by atoms with Crippen LogP contribution in [0.15, 0.2) is 24.3 Å². The second kappa shape index (κ2) is 8.80. The highest BCUT2D eigenvalue weighted by molar-refractivity contribution is 5.79. The van der Waals surface area contributed by atoms with E-state index in [0.717, 1.165) is 25.4 Å². The molecule has 0 aromatic heterocycles. The number of ether oxygens (including phenoxy) is 2. The van der Waals surface area contributed by atoms with Gasteiger partial charge in [0.25, 0.3) is 0 Å². The van der Waals surface area contributed by atoms with Crippen LogP contribution in [-0.4, -0.2) is 50.6 Å². The van der Waals surface area contributed by atoms with Gasteiger partial charge >= 0.3 is 0 Å². The van der Waals surface area contributed by atoms with Crippen molar-refractivity contribution in [3.8, 4) is 5.75 Å². The first-order chi connectivity index (χ1) is 10.3. The third kappa shape index (κ3) is 5.48. The summed E-state index contributed by atoms with van der Waals surface area (Å²) in [5, 5.41) is 0. The number of nitrogens with zero attached hydrogens (tertiary/aromatic N) is 1. The first-order valence-electron chi connectivity index (χ1n) is 7.76. The summed E-state index contributed by atoms with van der Waals surface area (Å²) >= 11 is 0. The third-order valence-electron chi connectivity index (χ3n) is 3.82. The van der Waals surface area contributed by atoms with Crippen molar-refractivity contribution in [3.05, 3.63) is 29.8 Å². The highest BCUT2D eigenvalue weighted by Crippen LogP contribution is 2.16. The van der Waals surface area contributed by atoms with Crippen molar-refractivity contribution in [1.82, 2.24) is 4.90 Å². The maximum absolute atomic E-state index is 10.8. The summed E-state index contributed by atoms with van der Waals surface area (Å²) in [6.07, 6.45) is 3.46. The van der Waals surface area contributed by atoms with Crippen LogP contribution in [0.3, 0.4) is 0 Å². The van der Waals surface area contributed by atoms with Gasteiger partial charge in [0.15, 0.2) is 6.29 Å².